The normalized spacial score (nSPS) is 22.3. The Hall–Kier alpha value is -1.09. The van der Waals surface area contributed by atoms with Gasteiger partial charge in [-0.2, -0.15) is 5.10 Å². The summed E-state index contributed by atoms with van der Waals surface area (Å²) in [5.74, 6) is 0. The molecule has 1 N–H and O–H groups in total. The first-order valence-electron chi connectivity index (χ1n) is 6.09. The highest BCUT2D eigenvalue weighted by Gasteiger charge is 2.15. The Morgan fingerprint density at radius 2 is 2.38 bits per heavy atom. The summed E-state index contributed by atoms with van der Waals surface area (Å²) in [5, 5.41) is 8.03. The van der Waals surface area contributed by atoms with Gasteiger partial charge in [-0.1, -0.05) is 12.2 Å². The van der Waals surface area contributed by atoms with Crippen molar-refractivity contribution in [2.75, 3.05) is 0 Å². The lowest BCUT2D eigenvalue weighted by molar-refractivity contribution is 0.466. The quantitative estimate of drug-likeness (QED) is 0.792. The van der Waals surface area contributed by atoms with Crippen LogP contribution in [0, 0.1) is 6.92 Å². The van der Waals surface area contributed by atoms with Gasteiger partial charge in [0.25, 0.3) is 0 Å². The topological polar surface area (TPSA) is 29.9 Å². The number of nitrogens with zero attached hydrogens (tertiary/aromatic N) is 2. The molecule has 0 radical (unpaired) electrons. The van der Waals surface area contributed by atoms with Crippen LogP contribution in [0.1, 0.15) is 43.5 Å². The maximum Gasteiger partial charge on any atom is 0.0641 e. The Bertz CT molecular complexity index is 379. The van der Waals surface area contributed by atoms with Crippen molar-refractivity contribution in [3.8, 4) is 0 Å². The molecule has 2 atom stereocenters. The van der Waals surface area contributed by atoms with E-state index in [0.717, 1.165) is 5.69 Å². The first-order chi connectivity index (χ1) is 7.66. The fourth-order valence-electron chi connectivity index (χ4n) is 2.41. The van der Waals surface area contributed by atoms with Crippen molar-refractivity contribution in [2.45, 2.75) is 45.2 Å². The molecule has 3 nitrogen and oxygen atoms in total. The van der Waals surface area contributed by atoms with Gasteiger partial charge in [0.1, 0.15) is 0 Å². The zero-order chi connectivity index (χ0) is 11.5. The number of allylic oxidation sites excluding steroid dienone is 1. The van der Waals surface area contributed by atoms with Crippen molar-refractivity contribution in [3.05, 3.63) is 29.6 Å². The minimum atomic E-state index is 0.376. The van der Waals surface area contributed by atoms with Crippen LogP contribution >= 0.6 is 0 Å². The molecule has 0 aromatic carbocycles. The standard InChI is InChI=1S/C13H21N3/c1-10(13-9-16(3)15-11(13)2)14-12-7-5-4-6-8-12/h5,7,9-10,12,14H,4,6,8H2,1-3H3. The van der Waals surface area contributed by atoms with Gasteiger partial charge >= 0.3 is 0 Å². The van der Waals surface area contributed by atoms with E-state index < -0.39 is 0 Å². The highest BCUT2D eigenvalue weighted by Crippen LogP contribution is 2.19. The van der Waals surface area contributed by atoms with Crippen molar-refractivity contribution in [1.82, 2.24) is 15.1 Å². The second-order valence-electron chi connectivity index (χ2n) is 4.70. The Balaban J connectivity index is 2.02. The number of hydrogen-bond donors (Lipinski definition) is 1. The molecule has 16 heavy (non-hydrogen) atoms. The summed E-state index contributed by atoms with van der Waals surface area (Å²) in [4.78, 5) is 0. The average molecular weight is 219 g/mol. The van der Waals surface area contributed by atoms with Gasteiger partial charge in [-0.25, -0.2) is 0 Å². The summed E-state index contributed by atoms with van der Waals surface area (Å²) in [6.07, 6.45) is 10.5. The van der Waals surface area contributed by atoms with Crippen LogP contribution in [0.5, 0.6) is 0 Å². The smallest absolute Gasteiger partial charge is 0.0641 e. The fraction of sp³-hybridized carbons (Fsp3) is 0.615. The lowest BCUT2D eigenvalue weighted by Gasteiger charge is -2.22. The fourth-order valence-corrected chi connectivity index (χ4v) is 2.41. The summed E-state index contributed by atoms with van der Waals surface area (Å²) in [6, 6.07) is 0.907. The molecule has 0 fully saturated rings. The molecule has 0 saturated heterocycles. The van der Waals surface area contributed by atoms with Crippen LogP contribution in [0.2, 0.25) is 0 Å². The van der Waals surface area contributed by atoms with E-state index in [1.165, 1.54) is 24.8 Å². The monoisotopic (exact) mass is 219 g/mol. The van der Waals surface area contributed by atoms with Gasteiger partial charge in [-0.3, -0.25) is 4.68 Å². The molecule has 88 valence electrons. The molecule has 3 heteroatoms. The van der Waals surface area contributed by atoms with Crippen molar-refractivity contribution in [3.63, 3.8) is 0 Å². The van der Waals surface area contributed by atoms with Crippen molar-refractivity contribution >= 4 is 0 Å². The van der Waals surface area contributed by atoms with E-state index in [-0.39, 0.29) is 0 Å². The SMILES string of the molecule is Cc1nn(C)cc1C(C)NC1C=CCCC1. The van der Waals surface area contributed by atoms with Crippen LogP contribution in [0.25, 0.3) is 0 Å². The van der Waals surface area contributed by atoms with Crippen LogP contribution in [-0.2, 0) is 7.05 Å². The Labute approximate surface area is 97.5 Å². The first-order valence-corrected chi connectivity index (χ1v) is 6.09. The highest BCUT2D eigenvalue weighted by molar-refractivity contribution is 5.20. The second kappa shape index (κ2) is 4.83. The van der Waals surface area contributed by atoms with Crippen LogP contribution in [0.3, 0.4) is 0 Å². The molecular weight excluding hydrogens is 198 g/mol. The first kappa shape index (κ1) is 11.4. The van der Waals surface area contributed by atoms with Crippen LogP contribution < -0.4 is 5.32 Å². The summed E-state index contributed by atoms with van der Waals surface area (Å²) in [6.45, 7) is 4.29. The number of aryl methyl sites for hydroxylation is 2. The molecule has 1 heterocycles. The summed E-state index contributed by atoms with van der Waals surface area (Å²) in [5.41, 5.74) is 2.43. The van der Waals surface area contributed by atoms with Crippen LogP contribution in [0.15, 0.2) is 18.3 Å². The molecule has 2 rings (SSSR count). The molecule has 0 spiro atoms. The molecule has 1 aliphatic carbocycles. The predicted molar refractivity (Wildman–Crippen MR) is 66.3 cm³/mol. The van der Waals surface area contributed by atoms with Gasteiger partial charge in [0.2, 0.25) is 0 Å². The largest absolute Gasteiger partial charge is 0.304 e. The van der Waals surface area contributed by atoms with E-state index in [1.54, 1.807) is 0 Å². The van der Waals surface area contributed by atoms with E-state index >= 15 is 0 Å². The zero-order valence-electron chi connectivity index (χ0n) is 10.4. The van der Waals surface area contributed by atoms with Gasteiger partial charge in [-0.15, -0.1) is 0 Å². The molecule has 0 saturated carbocycles. The van der Waals surface area contributed by atoms with Crippen LogP contribution in [0.4, 0.5) is 0 Å². The molecule has 2 unspecified atom stereocenters. The molecule has 1 aromatic heterocycles. The predicted octanol–water partition coefficient (Wildman–Crippen LogP) is 2.49. The number of aromatic nitrogens is 2. The van der Waals surface area contributed by atoms with E-state index in [2.05, 4.69) is 42.6 Å². The molecule has 0 amide bonds. The minimum absolute atomic E-state index is 0.376. The Morgan fingerprint density at radius 1 is 1.56 bits per heavy atom. The molecular formula is C13H21N3. The third-order valence-electron chi connectivity index (χ3n) is 3.24. The number of nitrogens with one attached hydrogen (secondary N) is 1. The molecule has 0 bridgehead atoms. The van der Waals surface area contributed by atoms with Crippen molar-refractivity contribution in [2.24, 2.45) is 7.05 Å². The maximum absolute atomic E-state index is 4.38. The van der Waals surface area contributed by atoms with Gasteiger partial charge < -0.3 is 5.32 Å². The van der Waals surface area contributed by atoms with Crippen LogP contribution in [-0.4, -0.2) is 15.8 Å². The minimum Gasteiger partial charge on any atom is -0.304 e. The van der Waals surface area contributed by atoms with Gasteiger partial charge in [-0.05, 0) is 33.1 Å². The Kier molecular flexibility index (Phi) is 3.44. The van der Waals surface area contributed by atoms with E-state index in [1.807, 2.05) is 11.7 Å². The molecule has 1 aromatic rings. The molecule has 1 aliphatic rings. The average Bonchev–Trinajstić information content (AvgIpc) is 2.59. The highest BCUT2D eigenvalue weighted by atomic mass is 15.3. The third kappa shape index (κ3) is 2.53. The van der Waals surface area contributed by atoms with Gasteiger partial charge in [0.05, 0.1) is 5.69 Å². The van der Waals surface area contributed by atoms with E-state index in [0.29, 0.717) is 12.1 Å². The number of rotatable bonds is 3. The lowest BCUT2D eigenvalue weighted by atomic mass is 10.0. The third-order valence-corrected chi connectivity index (χ3v) is 3.24. The van der Waals surface area contributed by atoms with Crippen molar-refractivity contribution < 1.29 is 0 Å². The zero-order valence-corrected chi connectivity index (χ0v) is 10.4. The Morgan fingerprint density at radius 3 is 2.94 bits per heavy atom. The van der Waals surface area contributed by atoms with Gasteiger partial charge in [0, 0.05) is 30.9 Å². The van der Waals surface area contributed by atoms with Crippen molar-refractivity contribution in [1.29, 1.82) is 0 Å². The van der Waals surface area contributed by atoms with Gasteiger partial charge in [0.15, 0.2) is 0 Å². The molecule has 0 aliphatic heterocycles. The summed E-state index contributed by atoms with van der Waals surface area (Å²) >= 11 is 0. The maximum atomic E-state index is 4.38. The second-order valence-corrected chi connectivity index (χ2v) is 4.70. The van der Waals surface area contributed by atoms with E-state index in [4.69, 9.17) is 0 Å². The lowest BCUT2D eigenvalue weighted by Crippen LogP contribution is -2.31. The van der Waals surface area contributed by atoms with E-state index in [9.17, 15) is 0 Å². The summed E-state index contributed by atoms with van der Waals surface area (Å²) < 4.78 is 1.89. The summed E-state index contributed by atoms with van der Waals surface area (Å²) in [7, 11) is 1.98. The number of hydrogen-bond acceptors (Lipinski definition) is 2.